The maximum Gasteiger partial charge on any atom is 0.322 e. The number of aromatic amines is 1. The lowest BCUT2D eigenvalue weighted by Crippen LogP contribution is -2.35. The fraction of sp³-hybridized carbons (Fsp3) is 0.231. The van der Waals surface area contributed by atoms with Crippen LogP contribution in [-0.2, 0) is 6.61 Å². The van der Waals surface area contributed by atoms with E-state index < -0.39 is 0 Å². The van der Waals surface area contributed by atoms with Gasteiger partial charge in [0.05, 0.1) is 17.1 Å². The summed E-state index contributed by atoms with van der Waals surface area (Å²) in [5, 5.41) is 3.08. The standard InChI is InChI=1S/C26H26N4O2/c1-18-16-20(32-17-19-8-3-2-4-9-19)13-14-21(18)29-26(31)30-15-7-12-24(30)25-27-22-10-5-6-11-23(22)28-25/h2-6,8-11,13-14,16,24H,7,12,15,17H2,1H3,(H,27,28)(H,29,31). The van der Waals surface area contributed by atoms with Gasteiger partial charge in [-0.2, -0.15) is 0 Å². The topological polar surface area (TPSA) is 70.2 Å². The van der Waals surface area contributed by atoms with Crippen LogP contribution in [0, 0.1) is 6.92 Å². The molecule has 5 rings (SSSR count). The third kappa shape index (κ3) is 4.17. The van der Waals surface area contributed by atoms with Crippen molar-refractivity contribution in [3.63, 3.8) is 0 Å². The predicted octanol–water partition coefficient (Wildman–Crippen LogP) is 5.82. The SMILES string of the molecule is Cc1cc(OCc2ccccc2)ccc1NC(=O)N1CCCC1c1nc2ccccc2[nH]1. The van der Waals surface area contributed by atoms with Crippen LogP contribution in [0.5, 0.6) is 5.75 Å². The first-order chi connectivity index (χ1) is 15.7. The van der Waals surface area contributed by atoms with Gasteiger partial charge in [0, 0.05) is 12.2 Å². The number of hydrogen-bond acceptors (Lipinski definition) is 3. The third-order valence-corrected chi connectivity index (χ3v) is 5.92. The van der Waals surface area contributed by atoms with Crippen molar-refractivity contribution >= 4 is 22.8 Å². The Morgan fingerprint density at radius 2 is 1.94 bits per heavy atom. The Bertz CT molecular complexity index is 1200. The van der Waals surface area contributed by atoms with E-state index in [1.807, 2.05) is 84.6 Å². The summed E-state index contributed by atoms with van der Waals surface area (Å²) in [4.78, 5) is 23.1. The highest BCUT2D eigenvalue weighted by Crippen LogP contribution is 2.32. The van der Waals surface area contributed by atoms with Gasteiger partial charge in [0.2, 0.25) is 0 Å². The monoisotopic (exact) mass is 426 g/mol. The van der Waals surface area contributed by atoms with E-state index in [4.69, 9.17) is 9.72 Å². The van der Waals surface area contributed by atoms with E-state index >= 15 is 0 Å². The third-order valence-electron chi connectivity index (χ3n) is 5.92. The lowest BCUT2D eigenvalue weighted by molar-refractivity contribution is 0.205. The molecule has 1 saturated heterocycles. The summed E-state index contributed by atoms with van der Waals surface area (Å²) in [7, 11) is 0. The van der Waals surface area contributed by atoms with Gasteiger partial charge in [0.15, 0.2) is 0 Å². The number of nitrogens with one attached hydrogen (secondary N) is 2. The number of ether oxygens (including phenoxy) is 1. The highest BCUT2D eigenvalue weighted by molar-refractivity contribution is 5.90. The molecule has 1 aliphatic rings. The van der Waals surface area contributed by atoms with Gasteiger partial charge in [0.25, 0.3) is 0 Å². The minimum absolute atomic E-state index is 0.0452. The van der Waals surface area contributed by atoms with E-state index in [2.05, 4.69) is 10.3 Å². The van der Waals surface area contributed by atoms with Gasteiger partial charge in [-0.1, -0.05) is 42.5 Å². The van der Waals surface area contributed by atoms with Crippen LogP contribution < -0.4 is 10.1 Å². The number of para-hydroxylation sites is 2. The number of imidazole rings is 1. The van der Waals surface area contributed by atoms with Crippen LogP contribution >= 0.6 is 0 Å². The number of carbonyl (C=O) groups is 1. The molecule has 162 valence electrons. The average Bonchev–Trinajstić information content (AvgIpc) is 3.47. The van der Waals surface area contributed by atoms with Gasteiger partial charge in [-0.15, -0.1) is 0 Å². The number of hydrogen-bond donors (Lipinski definition) is 2. The average molecular weight is 427 g/mol. The van der Waals surface area contributed by atoms with Crippen LogP contribution in [0.2, 0.25) is 0 Å². The molecule has 4 aromatic rings. The Balaban J connectivity index is 1.26. The van der Waals surface area contributed by atoms with Crippen molar-refractivity contribution in [3.05, 3.63) is 89.7 Å². The molecule has 1 aromatic heterocycles. The smallest absolute Gasteiger partial charge is 0.322 e. The maximum atomic E-state index is 13.1. The molecule has 2 N–H and O–H groups in total. The summed E-state index contributed by atoms with van der Waals surface area (Å²) in [6.45, 7) is 3.20. The highest BCUT2D eigenvalue weighted by Gasteiger charge is 2.32. The van der Waals surface area contributed by atoms with Crippen molar-refractivity contribution in [2.45, 2.75) is 32.4 Å². The number of nitrogens with zero attached hydrogens (tertiary/aromatic N) is 2. The van der Waals surface area contributed by atoms with Gasteiger partial charge >= 0.3 is 6.03 Å². The first kappa shape index (κ1) is 20.1. The second-order valence-electron chi connectivity index (χ2n) is 8.17. The Kier molecular flexibility index (Phi) is 5.50. The van der Waals surface area contributed by atoms with Crippen LogP contribution in [-0.4, -0.2) is 27.4 Å². The molecule has 6 nitrogen and oxygen atoms in total. The molecule has 0 aliphatic carbocycles. The number of benzene rings is 3. The van der Waals surface area contributed by atoms with E-state index in [1.165, 1.54) is 0 Å². The van der Waals surface area contributed by atoms with Gasteiger partial charge in [-0.3, -0.25) is 0 Å². The molecular weight excluding hydrogens is 400 g/mol. The fourth-order valence-corrected chi connectivity index (χ4v) is 4.22. The maximum absolute atomic E-state index is 13.1. The first-order valence-corrected chi connectivity index (χ1v) is 11.0. The second-order valence-corrected chi connectivity index (χ2v) is 8.17. The molecule has 6 heteroatoms. The fourth-order valence-electron chi connectivity index (χ4n) is 4.22. The summed E-state index contributed by atoms with van der Waals surface area (Å²) in [5.74, 6) is 1.63. The van der Waals surface area contributed by atoms with E-state index in [0.717, 1.165) is 52.3 Å². The molecule has 1 atom stereocenters. The zero-order chi connectivity index (χ0) is 21.9. The van der Waals surface area contributed by atoms with Gasteiger partial charge in [-0.25, -0.2) is 9.78 Å². The molecule has 1 unspecified atom stereocenters. The van der Waals surface area contributed by atoms with Crippen molar-refractivity contribution in [2.24, 2.45) is 0 Å². The number of likely N-dealkylation sites (tertiary alicyclic amines) is 1. The minimum Gasteiger partial charge on any atom is -0.489 e. The molecule has 0 bridgehead atoms. The summed E-state index contributed by atoms with van der Waals surface area (Å²) in [6.07, 6.45) is 1.86. The highest BCUT2D eigenvalue weighted by atomic mass is 16.5. The van der Waals surface area contributed by atoms with E-state index in [1.54, 1.807) is 0 Å². The van der Waals surface area contributed by atoms with E-state index in [0.29, 0.717) is 13.2 Å². The Morgan fingerprint density at radius 1 is 1.12 bits per heavy atom. The van der Waals surface area contributed by atoms with Crippen molar-refractivity contribution in [1.29, 1.82) is 0 Å². The van der Waals surface area contributed by atoms with Crippen LogP contribution in [0.15, 0.2) is 72.8 Å². The number of aromatic nitrogens is 2. The van der Waals surface area contributed by atoms with Gasteiger partial charge in [-0.05, 0) is 61.2 Å². The largest absolute Gasteiger partial charge is 0.489 e. The number of rotatable bonds is 5. The quantitative estimate of drug-likeness (QED) is 0.422. The number of urea groups is 1. The minimum atomic E-state index is -0.103. The molecule has 0 radical (unpaired) electrons. The molecule has 0 saturated carbocycles. The second kappa shape index (κ2) is 8.75. The number of carbonyl (C=O) groups excluding carboxylic acids is 1. The molecule has 32 heavy (non-hydrogen) atoms. The Hall–Kier alpha value is -3.80. The summed E-state index contributed by atoms with van der Waals surface area (Å²) >= 11 is 0. The number of fused-ring (bicyclic) bond motifs is 1. The molecular formula is C26H26N4O2. The number of aryl methyl sites for hydroxylation is 1. The van der Waals surface area contributed by atoms with Gasteiger partial charge in [0.1, 0.15) is 18.2 Å². The van der Waals surface area contributed by atoms with Crippen molar-refractivity contribution < 1.29 is 9.53 Å². The number of H-pyrrole nitrogens is 1. The zero-order valence-corrected chi connectivity index (χ0v) is 18.0. The molecule has 1 aliphatic heterocycles. The lowest BCUT2D eigenvalue weighted by atomic mass is 10.2. The van der Waals surface area contributed by atoms with Crippen LogP contribution in [0.1, 0.15) is 35.8 Å². The number of amides is 2. The Labute approximate surface area is 187 Å². The van der Waals surface area contributed by atoms with Crippen LogP contribution in [0.25, 0.3) is 11.0 Å². The molecule has 1 fully saturated rings. The Morgan fingerprint density at radius 3 is 2.75 bits per heavy atom. The van der Waals surface area contributed by atoms with E-state index in [-0.39, 0.29) is 12.1 Å². The predicted molar refractivity (Wildman–Crippen MR) is 126 cm³/mol. The van der Waals surface area contributed by atoms with Crippen molar-refractivity contribution in [3.8, 4) is 5.75 Å². The van der Waals surface area contributed by atoms with Crippen molar-refractivity contribution in [1.82, 2.24) is 14.9 Å². The van der Waals surface area contributed by atoms with Crippen LogP contribution in [0.4, 0.5) is 10.5 Å². The molecule has 0 spiro atoms. The van der Waals surface area contributed by atoms with E-state index in [9.17, 15) is 4.79 Å². The summed E-state index contributed by atoms with van der Waals surface area (Å²) in [5.41, 5.74) is 4.79. The lowest BCUT2D eigenvalue weighted by Gasteiger charge is -2.24. The van der Waals surface area contributed by atoms with Gasteiger partial charge < -0.3 is 19.9 Å². The normalized spacial score (nSPS) is 15.8. The summed E-state index contributed by atoms with van der Waals surface area (Å²) < 4.78 is 5.90. The first-order valence-electron chi connectivity index (χ1n) is 11.0. The number of anilines is 1. The van der Waals surface area contributed by atoms with Crippen LogP contribution in [0.3, 0.4) is 0 Å². The molecule has 2 heterocycles. The van der Waals surface area contributed by atoms with Crippen molar-refractivity contribution in [2.75, 3.05) is 11.9 Å². The molecule has 3 aromatic carbocycles. The molecule has 2 amide bonds. The summed E-state index contributed by atoms with van der Waals surface area (Å²) in [6, 6.07) is 23.6. The zero-order valence-electron chi connectivity index (χ0n) is 18.0.